The molecule has 0 bridgehead atoms. The number of carbonyl (C=O) groups is 2. The molecule has 4 rings (SSSR count). The van der Waals surface area contributed by atoms with Gasteiger partial charge in [-0.05, 0) is 6.07 Å². The summed E-state index contributed by atoms with van der Waals surface area (Å²) in [5.74, 6) is -2.83. The first-order chi connectivity index (χ1) is 16.4. The van der Waals surface area contributed by atoms with E-state index >= 15 is 0 Å². The topological polar surface area (TPSA) is 118 Å². The zero-order valence-electron chi connectivity index (χ0n) is 20.1. The summed E-state index contributed by atoms with van der Waals surface area (Å²) >= 11 is -1.31. The third kappa shape index (κ3) is 7.68. The van der Waals surface area contributed by atoms with Gasteiger partial charge in [0, 0.05) is 12.1 Å². The molecular weight excluding hydrogens is 541 g/mol. The molecule has 34 heavy (non-hydrogen) atoms. The number of rotatable bonds is 6. The van der Waals surface area contributed by atoms with Crippen molar-refractivity contribution < 1.29 is 24.7 Å². The number of nitro benzene ring substituents is 1. The summed E-state index contributed by atoms with van der Waals surface area (Å²) < 4.78 is 4.00. The summed E-state index contributed by atoms with van der Waals surface area (Å²) in [4.78, 5) is 30.6. The third-order valence-corrected chi connectivity index (χ3v) is 23.2. The summed E-state index contributed by atoms with van der Waals surface area (Å²) in [6.07, 6.45) is 24.3. The van der Waals surface area contributed by atoms with Crippen molar-refractivity contribution in [3.63, 3.8) is 0 Å². The van der Waals surface area contributed by atoms with Crippen molar-refractivity contribution in [1.29, 1.82) is 0 Å². The number of hydrogen-bond acceptors (Lipinski definition) is 4. The molecule has 0 heterocycles. The molecule has 3 aliphatic carbocycles. The van der Waals surface area contributed by atoms with Crippen molar-refractivity contribution in [3.05, 3.63) is 39.4 Å². The van der Waals surface area contributed by atoms with E-state index in [9.17, 15) is 19.7 Å². The van der Waals surface area contributed by atoms with Crippen LogP contribution in [-0.4, -0.2) is 46.8 Å². The molecule has 0 unspecified atom stereocenters. The van der Waals surface area contributed by atoms with Gasteiger partial charge in [0.1, 0.15) is 0 Å². The zero-order chi connectivity index (χ0) is 24.5. The molecule has 2 N–H and O–H groups in total. The smallest absolute Gasteiger partial charge is 0.335 e. The molecule has 0 saturated heterocycles. The summed E-state index contributed by atoms with van der Waals surface area (Å²) in [5.41, 5.74) is -1.42. The SMILES string of the molecule is C1CC[CH]([SnH]([CH]2CCCCC2)[CH]2CCCCC2)CC1.O=C(O)c1cc(C(=O)O)cc([N+](=O)[O-])c1. The Morgan fingerprint density at radius 3 is 1.26 bits per heavy atom. The van der Waals surface area contributed by atoms with E-state index in [1.54, 1.807) is 96.3 Å². The number of nitrogens with zero attached hydrogens (tertiary/aromatic N) is 1. The number of non-ortho nitro benzene ring substituents is 1. The van der Waals surface area contributed by atoms with Crippen LogP contribution in [0.5, 0.6) is 0 Å². The number of hydrogen-bond donors (Lipinski definition) is 2. The van der Waals surface area contributed by atoms with Gasteiger partial charge in [-0.1, -0.05) is 0 Å². The monoisotopic (exact) mass is 581 g/mol. The van der Waals surface area contributed by atoms with E-state index in [0.717, 1.165) is 18.2 Å². The summed E-state index contributed by atoms with van der Waals surface area (Å²) in [5, 5.41) is 27.5. The van der Waals surface area contributed by atoms with Gasteiger partial charge in [0.05, 0.1) is 16.1 Å². The minimum Gasteiger partial charge on any atom is -0.478 e. The Balaban J connectivity index is 0.000000197. The third-order valence-electron chi connectivity index (χ3n) is 8.20. The predicted molar refractivity (Wildman–Crippen MR) is 135 cm³/mol. The van der Waals surface area contributed by atoms with Crippen molar-refractivity contribution in [3.8, 4) is 0 Å². The Morgan fingerprint density at radius 1 is 0.676 bits per heavy atom. The first kappa shape index (κ1) is 27.0. The molecule has 0 spiro atoms. The van der Waals surface area contributed by atoms with Crippen molar-refractivity contribution >= 4 is 37.4 Å². The van der Waals surface area contributed by atoms with E-state index in [2.05, 4.69) is 0 Å². The van der Waals surface area contributed by atoms with E-state index in [-0.39, 0.29) is 0 Å². The Kier molecular flexibility index (Phi) is 10.7. The van der Waals surface area contributed by atoms with E-state index in [1.165, 1.54) is 11.8 Å². The summed E-state index contributed by atoms with van der Waals surface area (Å²) in [6.45, 7) is 0. The van der Waals surface area contributed by atoms with Crippen molar-refractivity contribution in [2.45, 2.75) is 108 Å². The molecule has 7 nitrogen and oxygen atoms in total. The van der Waals surface area contributed by atoms with Crippen LogP contribution in [0.2, 0.25) is 11.8 Å². The number of carboxylic acid groups (broad SMARTS) is 2. The second-order valence-electron chi connectivity index (χ2n) is 10.4. The molecule has 0 atom stereocenters. The van der Waals surface area contributed by atoms with Gasteiger partial charge in [0.25, 0.3) is 5.69 Å². The van der Waals surface area contributed by atoms with Crippen LogP contribution in [0, 0.1) is 10.1 Å². The van der Waals surface area contributed by atoms with E-state index in [1.807, 2.05) is 0 Å². The van der Waals surface area contributed by atoms with Gasteiger partial charge in [-0.2, -0.15) is 0 Å². The Bertz CT molecular complexity index is 720. The maximum Gasteiger partial charge on any atom is 0.335 e. The van der Waals surface area contributed by atoms with Gasteiger partial charge in [0.15, 0.2) is 0 Å². The Morgan fingerprint density at radius 2 is 1.00 bits per heavy atom. The molecule has 1 aromatic carbocycles. The van der Waals surface area contributed by atoms with Crippen LogP contribution < -0.4 is 0 Å². The fourth-order valence-electron chi connectivity index (χ4n) is 6.68. The zero-order valence-corrected chi connectivity index (χ0v) is 23.4. The van der Waals surface area contributed by atoms with Gasteiger partial charge >= 0.3 is 140 Å². The van der Waals surface area contributed by atoms with Gasteiger partial charge < -0.3 is 10.2 Å². The van der Waals surface area contributed by atoms with Gasteiger partial charge in [-0.25, -0.2) is 9.59 Å². The van der Waals surface area contributed by atoms with Crippen LogP contribution in [0.4, 0.5) is 5.69 Å². The Labute approximate surface area is 209 Å². The van der Waals surface area contributed by atoms with Crippen molar-refractivity contribution in [1.82, 2.24) is 0 Å². The standard InChI is InChI=1S/C8H5NO6.3C6H11.Sn.H/c10-7(11)4-1-5(8(12)13)3-6(2-4)9(14)15;3*1-2-4-6-5-3-1;;/h1-3H,(H,10,11)(H,12,13);3*1H,2-6H2;;. The Hall–Kier alpha value is -1.64. The van der Waals surface area contributed by atoms with Gasteiger partial charge in [-0.3, -0.25) is 10.1 Å². The average molecular weight is 580 g/mol. The van der Waals surface area contributed by atoms with Gasteiger partial charge in [-0.15, -0.1) is 0 Å². The second kappa shape index (κ2) is 13.4. The van der Waals surface area contributed by atoms with Crippen LogP contribution in [0.25, 0.3) is 0 Å². The normalized spacial score (nSPS) is 20.4. The molecule has 1 aromatic rings. The average Bonchev–Trinajstić information content (AvgIpc) is 2.86. The molecule has 8 heteroatoms. The summed E-state index contributed by atoms with van der Waals surface area (Å²) in [7, 11) is 0. The molecule has 0 aliphatic heterocycles. The second-order valence-corrected chi connectivity index (χ2v) is 21.8. The molecule has 3 saturated carbocycles. The maximum absolute atomic E-state index is 10.5. The minimum absolute atomic E-state index is 0.429. The van der Waals surface area contributed by atoms with Crippen LogP contribution >= 0.6 is 0 Å². The van der Waals surface area contributed by atoms with E-state index < -0.39 is 53.4 Å². The quantitative estimate of drug-likeness (QED) is 0.209. The van der Waals surface area contributed by atoms with Crippen molar-refractivity contribution in [2.75, 3.05) is 0 Å². The van der Waals surface area contributed by atoms with E-state index in [4.69, 9.17) is 10.2 Å². The number of aromatic carboxylic acids is 2. The fourth-order valence-corrected chi connectivity index (χ4v) is 23.9. The number of benzene rings is 1. The van der Waals surface area contributed by atoms with Crippen LogP contribution in [0.3, 0.4) is 0 Å². The fraction of sp³-hybridized carbons (Fsp3) is 0.692. The molecular formula is C26H39NO6Sn. The molecule has 3 aliphatic rings. The number of nitro groups is 1. The van der Waals surface area contributed by atoms with E-state index in [0.29, 0.717) is 0 Å². The molecule has 188 valence electrons. The molecule has 0 radical (unpaired) electrons. The first-order valence-electron chi connectivity index (χ1n) is 13.1. The van der Waals surface area contributed by atoms with Crippen LogP contribution in [0.1, 0.15) is 117 Å². The van der Waals surface area contributed by atoms with Crippen molar-refractivity contribution in [2.24, 2.45) is 0 Å². The summed E-state index contributed by atoms with van der Waals surface area (Å²) in [6, 6.07) is 2.46. The number of carboxylic acids is 2. The van der Waals surface area contributed by atoms with Crippen LogP contribution in [0.15, 0.2) is 18.2 Å². The molecule has 3 fully saturated rings. The first-order valence-corrected chi connectivity index (χ1v) is 18.8. The molecule has 0 aromatic heterocycles. The largest absolute Gasteiger partial charge is 0.478 e. The van der Waals surface area contributed by atoms with Gasteiger partial charge in [0.2, 0.25) is 0 Å². The maximum atomic E-state index is 10.5. The predicted octanol–water partition coefficient (Wildman–Crippen LogP) is 7.21. The molecule has 0 amide bonds. The van der Waals surface area contributed by atoms with Crippen LogP contribution in [-0.2, 0) is 0 Å². The minimum atomic E-state index is -1.42.